The van der Waals surface area contributed by atoms with Crippen molar-refractivity contribution in [2.45, 2.75) is 24.9 Å². The normalized spacial score (nSPS) is 38.5. The molecule has 3 atom stereocenters. The highest BCUT2D eigenvalue weighted by Gasteiger charge is 2.31. The van der Waals surface area contributed by atoms with E-state index in [0.717, 1.165) is 0 Å². The quantitative estimate of drug-likeness (QED) is 0.548. The molecule has 0 unspecified atom stereocenters. The third kappa shape index (κ3) is 1.71. The maximum absolute atomic E-state index is 9.18. The molecule has 1 fully saturated rings. The molecule has 1 heterocycles. The first-order chi connectivity index (χ1) is 5.15. The topological polar surface area (TPSA) is 58.9 Å². The summed E-state index contributed by atoms with van der Waals surface area (Å²) >= 11 is 0. The summed E-state index contributed by atoms with van der Waals surface area (Å²) in [6, 6.07) is 0. The van der Waals surface area contributed by atoms with Gasteiger partial charge in [0, 0.05) is 13.5 Å². The summed E-state index contributed by atoms with van der Waals surface area (Å²) in [4.78, 5) is 0. The predicted molar refractivity (Wildman–Crippen MR) is 37.7 cm³/mol. The minimum atomic E-state index is -0.985. The second-order valence-electron chi connectivity index (χ2n) is 2.50. The molecule has 0 aromatic rings. The second kappa shape index (κ2) is 3.21. The zero-order valence-electron chi connectivity index (χ0n) is 6.36. The molecule has 0 saturated carbocycles. The Balaban J connectivity index is 2.54. The smallest absolute Gasteiger partial charge is 0.201 e. The van der Waals surface area contributed by atoms with Crippen LogP contribution in [0.15, 0.2) is 12.3 Å². The van der Waals surface area contributed by atoms with Crippen LogP contribution in [0, 0.1) is 0 Å². The van der Waals surface area contributed by atoms with Crippen LogP contribution in [0.3, 0.4) is 0 Å². The number of methoxy groups -OCH3 is 1. The van der Waals surface area contributed by atoms with Crippen LogP contribution in [-0.4, -0.2) is 35.8 Å². The van der Waals surface area contributed by atoms with Crippen LogP contribution in [0.2, 0.25) is 0 Å². The number of aliphatic hydroxyl groups excluding tert-OH is 2. The molecule has 0 aromatic carbocycles. The van der Waals surface area contributed by atoms with Crippen LogP contribution in [0.4, 0.5) is 0 Å². The average molecular weight is 160 g/mol. The van der Waals surface area contributed by atoms with E-state index in [1.54, 1.807) is 0 Å². The molecule has 1 aliphatic rings. The molecule has 0 spiro atoms. The summed E-state index contributed by atoms with van der Waals surface area (Å²) in [5.74, 6) is 0.163. The molecule has 11 heavy (non-hydrogen) atoms. The lowest BCUT2D eigenvalue weighted by molar-refractivity contribution is -0.172. The Labute approximate surface area is 65.0 Å². The van der Waals surface area contributed by atoms with Gasteiger partial charge in [-0.05, 0) is 0 Å². The zero-order valence-corrected chi connectivity index (χ0v) is 6.36. The number of rotatable bonds is 1. The summed E-state index contributed by atoms with van der Waals surface area (Å²) in [5, 5.41) is 18.3. The van der Waals surface area contributed by atoms with E-state index in [-0.39, 0.29) is 12.2 Å². The lowest BCUT2D eigenvalue weighted by Crippen LogP contribution is -2.39. The highest BCUT2D eigenvalue weighted by Crippen LogP contribution is 2.21. The number of aliphatic hydroxyl groups is 2. The molecular formula is C7H12O4. The van der Waals surface area contributed by atoms with Gasteiger partial charge in [-0.3, -0.25) is 0 Å². The molecule has 4 nitrogen and oxygen atoms in total. The van der Waals surface area contributed by atoms with Crippen LogP contribution < -0.4 is 0 Å². The molecule has 0 aliphatic carbocycles. The van der Waals surface area contributed by atoms with Gasteiger partial charge >= 0.3 is 0 Å². The first-order valence-electron chi connectivity index (χ1n) is 3.39. The Kier molecular flexibility index (Phi) is 2.49. The summed E-state index contributed by atoms with van der Waals surface area (Å²) in [7, 11) is 1.47. The van der Waals surface area contributed by atoms with Gasteiger partial charge in [-0.25, -0.2) is 0 Å². The van der Waals surface area contributed by atoms with Crippen molar-refractivity contribution < 1.29 is 19.7 Å². The van der Waals surface area contributed by atoms with E-state index in [4.69, 9.17) is 14.6 Å². The Morgan fingerprint density at radius 1 is 1.64 bits per heavy atom. The standard InChI is InChI=1S/C7H12O4/c1-4-7(9)5(8)3-6(10-2)11-4/h5-9H,1,3H2,2H3/t5-,6-,7-/m1/s1. The van der Waals surface area contributed by atoms with Gasteiger partial charge in [0.05, 0.1) is 6.10 Å². The van der Waals surface area contributed by atoms with E-state index >= 15 is 0 Å². The van der Waals surface area contributed by atoms with Crippen LogP contribution in [0.5, 0.6) is 0 Å². The highest BCUT2D eigenvalue weighted by molar-refractivity contribution is 4.99. The molecule has 0 amide bonds. The maximum Gasteiger partial charge on any atom is 0.201 e. The Morgan fingerprint density at radius 3 is 2.73 bits per heavy atom. The van der Waals surface area contributed by atoms with Gasteiger partial charge in [0.1, 0.15) is 11.9 Å². The van der Waals surface area contributed by atoms with E-state index in [0.29, 0.717) is 0 Å². The lowest BCUT2D eigenvalue weighted by atomic mass is 10.1. The zero-order chi connectivity index (χ0) is 8.43. The molecule has 64 valence electrons. The summed E-state index contributed by atoms with van der Waals surface area (Å²) in [5.41, 5.74) is 0. The number of ether oxygens (including phenoxy) is 2. The van der Waals surface area contributed by atoms with Crippen LogP contribution in [0.25, 0.3) is 0 Å². The van der Waals surface area contributed by atoms with Gasteiger partial charge in [0.2, 0.25) is 6.29 Å². The SMILES string of the molecule is C=C1O[C@@H](OC)C[C@@H](O)[C@@H]1O. The van der Waals surface area contributed by atoms with Crippen molar-refractivity contribution in [1.29, 1.82) is 0 Å². The molecule has 2 N–H and O–H groups in total. The molecule has 0 aromatic heterocycles. The van der Waals surface area contributed by atoms with Crippen molar-refractivity contribution >= 4 is 0 Å². The largest absolute Gasteiger partial charge is 0.467 e. The van der Waals surface area contributed by atoms with Crippen LogP contribution in [0.1, 0.15) is 6.42 Å². The monoisotopic (exact) mass is 160 g/mol. The molecule has 1 rings (SSSR count). The molecule has 1 aliphatic heterocycles. The van der Waals surface area contributed by atoms with Crippen molar-refractivity contribution in [3.05, 3.63) is 12.3 Å². The van der Waals surface area contributed by atoms with Gasteiger partial charge < -0.3 is 19.7 Å². The van der Waals surface area contributed by atoms with Crippen molar-refractivity contribution in [3.63, 3.8) is 0 Å². The van der Waals surface area contributed by atoms with Crippen LogP contribution >= 0.6 is 0 Å². The molecule has 0 radical (unpaired) electrons. The fourth-order valence-corrected chi connectivity index (χ4v) is 0.972. The summed E-state index contributed by atoms with van der Waals surface area (Å²) < 4.78 is 9.82. The van der Waals surface area contributed by atoms with Crippen molar-refractivity contribution in [2.75, 3.05) is 7.11 Å². The van der Waals surface area contributed by atoms with E-state index < -0.39 is 18.5 Å². The van der Waals surface area contributed by atoms with E-state index in [1.807, 2.05) is 0 Å². The molecule has 0 bridgehead atoms. The minimum absolute atomic E-state index is 0.163. The van der Waals surface area contributed by atoms with Crippen molar-refractivity contribution in [2.24, 2.45) is 0 Å². The van der Waals surface area contributed by atoms with Gasteiger partial charge in [0.25, 0.3) is 0 Å². The maximum atomic E-state index is 9.18. The van der Waals surface area contributed by atoms with Gasteiger partial charge in [-0.15, -0.1) is 0 Å². The van der Waals surface area contributed by atoms with E-state index in [1.165, 1.54) is 7.11 Å². The van der Waals surface area contributed by atoms with Gasteiger partial charge in [-0.1, -0.05) is 6.58 Å². The van der Waals surface area contributed by atoms with Gasteiger partial charge in [0.15, 0.2) is 0 Å². The molecule has 1 saturated heterocycles. The predicted octanol–water partition coefficient (Wildman–Crippen LogP) is -0.385. The first-order valence-corrected chi connectivity index (χ1v) is 3.39. The van der Waals surface area contributed by atoms with Crippen molar-refractivity contribution in [3.8, 4) is 0 Å². The fraction of sp³-hybridized carbons (Fsp3) is 0.714. The fourth-order valence-electron chi connectivity index (χ4n) is 0.972. The van der Waals surface area contributed by atoms with Crippen molar-refractivity contribution in [1.82, 2.24) is 0 Å². The first kappa shape index (κ1) is 8.52. The Hall–Kier alpha value is -0.580. The van der Waals surface area contributed by atoms with Crippen LogP contribution in [-0.2, 0) is 9.47 Å². The molecule has 4 heteroatoms. The second-order valence-corrected chi connectivity index (χ2v) is 2.50. The highest BCUT2D eigenvalue weighted by atomic mass is 16.7. The number of hydrogen-bond donors (Lipinski definition) is 2. The van der Waals surface area contributed by atoms with E-state index in [2.05, 4.69) is 6.58 Å². The Morgan fingerprint density at radius 2 is 2.27 bits per heavy atom. The van der Waals surface area contributed by atoms with Gasteiger partial charge in [-0.2, -0.15) is 0 Å². The Bertz CT molecular complexity index is 157. The third-order valence-electron chi connectivity index (χ3n) is 1.67. The van der Waals surface area contributed by atoms with E-state index in [9.17, 15) is 5.11 Å². The summed E-state index contributed by atoms with van der Waals surface area (Å²) in [6.07, 6.45) is -2.03. The molecular weight excluding hydrogens is 148 g/mol. The minimum Gasteiger partial charge on any atom is -0.467 e. The lowest BCUT2D eigenvalue weighted by Gasteiger charge is -2.31. The summed E-state index contributed by atoms with van der Waals surface area (Å²) in [6.45, 7) is 3.43. The third-order valence-corrected chi connectivity index (χ3v) is 1.67. The number of hydrogen-bond acceptors (Lipinski definition) is 4. The average Bonchev–Trinajstić information content (AvgIpc) is 1.99.